The maximum absolute atomic E-state index is 12.8. The minimum Gasteiger partial charge on any atom is -0.480 e. The predicted molar refractivity (Wildman–Crippen MR) is 124 cm³/mol. The molecule has 174 valence electrons. The van der Waals surface area contributed by atoms with Crippen LogP contribution >= 0.6 is 0 Å². The molecule has 0 aromatic heterocycles. The van der Waals surface area contributed by atoms with E-state index in [1.807, 2.05) is 43.3 Å². The van der Waals surface area contributed by atoms with Crippen molar-refractivity contribution in [3.63, 3.8) is 0 Å². The number of carbonyl (C=O) groups is 3. The molecule has 1 unspecified atom stereocenters. The third-order valence-corrected chi connectivity index (χ3v) is 6.71. The van der Waals surface area contributed by atoms with E-state index in [1.54, 1.807) is 0 Å². The molecule has 2 aliphatic rings. The van der Waals surface area contributed by atoms with Gasteiger partial charge in [0.15, 0.2) is 0 Å². The number of rotatable bonds is 9. The van der Waals surface area contributed by atoms with E-state index in [2.05, 4.69) is 22.8 Å². The average Bonchev–Trinajstić information content (AvgIpc) is 3.09. The van der Waals surface area contributed by atoms with Crippen molar-refractivity contribution in [3.05, 3.63) is 59.7 Å². The number of aliphatic carboxylic acids is 1. The molecular formula is C26H30N2O5. The summed E-state index contributed by atoms with van der Waals surface area (Å²) in [4.78, 5) is 37.0. The lowest BCUT2D eigenvalue weighted by Crippen LogP contribution is -2.54. The Morgan fingerprint density at radius 3 is 2.12 bits per heavy atom. The van der Waals surface area contributed by atoms with Gasteiger partial charge in [-0.25, -0.2) is 9.59 Å². The van der Waals surface area contributed by atoms with Crippen molar-refractivity contribution in [3.8, 4) is 11.1 Å². The summed E-state index contributed by atoms with van der Waals surface area (Å²) in [6.07, 6.45) is 2.92. The van der Waals surface area contributed by atoms with Crippen LogP contribution in [0.4, 0.5) is 4.79 Å². The first-order valence-electron chi connectivity index (χ1n) is 11.6. The Kier molecular flexibility index (Phi) is 6.96. The minimum absolute atomic E-state index is 0.0526. The van der Waals surface area contributed by atoms with Crippen LogP contribution in [-0.2, 0) is 14.3 Å². The molecule has 2 aromatic rings. The van der Waals surface area contributed by atoms with E-state index in [4.69, 9.17) is 4.74 Å². The predicted octanol–water partition coefficient (Wildman–Crippen LogP) is 4.06. The van der Waals surface area contributed by atoms with E-state index in [9.17, 15) is 19.5 Å². The maximum atomic E-state index is 12.8. The van der Waals surface area contributed by atoms with Gasteiger partial charge in [-0.3, -0.25) is 4.79 Å². The smallest absolute Gasteiger partial charge is 0.407 e. The Bertz CT molecular complexity index is 987. The second-order valence-corrected chi connectivity index (χ2v) is 8.83. The second kappa shape index (κ2) is 10.1. The lowest BCUT2D eigenvalue weighted by molar-refractivity contribution is -0.144. The summed E-state index contributed by atoms with van der Waals surface area (Å²) in [5.41, 5.74) is 4.50. The SMILES string of the molecule is CCC[C@H](NC(=O)OCC1c2ccccc2-c2ccccc21)C(=O)NC(C(=O)O)C1CCC1. The molecule has 7 heteroatoms. The standard InChI is InChI=1S/C26H30N2O5/c1-2-8-22(24(29)28-23(25(30)31)16-9-7-10-16)27-26(32)33-15-21-19-13-5-3-11-17(19)18-12-4-6-14-20(18)21/h3-6,11-14,16,21-23H,2,7-10,15H2,1H3,(H,27,32)(H,28,29)(H,30,31)/t22-,23?/m0/s1. The quantitative estimate of drug-likeness (QED) is 0.534. The molecular weight excluding hydrogens is 420 g/mol. The lowest BCUT2D eigenvalue weighted by Gasteiger charge is -2.32. The Balaban J connectivity index is 1.38. The van der Waals surface area contributed by atoms with Crippen LogP contribution in [-0.4, -0.2) is 41.8 Å². The van der Waals surface area contributed by atoms with Crippen molar-refractivity contribution >= 4 is 18.0 Å². The average molecular weight is 451 g/mol. The van der Waals surface area contributed by atoms with E-state index in [0.717, 1.165) is 41.5 Å². The van der Waals surface area contributed by atoms with Gasteiger partial charge in [0.2, 0.25) is 5.91 Å². The Hall–Kier alpha value is -3.35. The summed E-state index contributed by atoms with van der Waals surface area (Å²) in [5.74, 6) is -1.64. The molecule has 2 amide bonds. The van der Waals surface area contributed by atoms with E-state index in [0.29, 0.717) is 12.8 Å². The number of fused-ring (bicyclic) bond motifs is 3. The molecule has 2 aromatic carbocycles. The maximum Gasteiger partial charge on any atom is 0.407 e. The highest BCUT2D eigenvalue weighted by Crippen LogP contribution is 2.44. The highest BCUT2D eigenvalue weighted by molar-refractivity contribution is 5.89. The highest BCUT2D eigenvalue weighted by atomic mass is 16.5. The van der Waals surface area contributed by atoms with Crippen molar-refractivity contribution in [1.29, 1.82) is 0 Å². The third-order valence-electron chi connectivity index (χ3n) is 6.71. The molecule has 3 N–H and O–H groups in total. The van der Waals surface area contributed by atoms with Crippen molar-refractivity contribution in [2.45, 2.75) is 57.0 Å². The van der Waals surface area contributed by atoms with Gasteiger partial charge in [0.1, 0.15) is 18.7 Å². The number of benzene rings is 2. The number of carboxylic acid groups (broad SMARTS) is 1. The largest absolute Gasteiger partial charge is 0.480 e. The summed E-state index contributed by atoms with van der Waals surface area (Å²) < 4.78 is 5.55. The van der Waals surface area contributed by atoms with Crippen molar-refractivity contribution < 1.29 is 24.2 Å². The number of carboxylic acids is 1. The van der Waals surface area contributed by atoms with Gasteiger partial charge in [-0.2, -0.15) is 0 Å². The van der Waals surface area contributed by atoms with Crippen LogP contribution in [0.15, 0.2) is 48.5 Å². The number of alkyl carbamates (subject to hydrolysis) is 1. The number of hydrogen-bond donors (Lipinski definition) is 3. The van der Waals surface area contributed by atoms with Crippen LogP contribution < -0.4 is 10.6 Å². The number of ether oxygens (including phenoxy) is 1. The van der Waals surface area contributed by atoms with Gasteiger partial charge in [-0.15, -0.1) is 0 Å². The van der Waals surface area contributed by atoms with Crippen LogP contribution in [0.5, 0.6) is 0 Å². The first-order valence-corrected chi connectivity index (χ1v) is 11.6. The summed E-state index contributed by atoms with van der Waals surface area (Å²) in [6, 6.07) is 14.4. The Morgan fingerprint density at radius 2 is 1.61 bits per heavy atom. The molecule has 0 heterocycles. The Morgan fingerprint density at radius 1 is 1.00 bits per heavy atom. The molecule has 1 saturated carbocycles. The number of amides is 2. The molecule has 0 spiro atoms. The minimum atomic E-state index is -1.04. The van der Waals surface area contributed by atoms with E-state index in [1.165, 1.54) is 0 Å². The van der Waals surface area contributed by atoms with Gasteiger partial charge >= 0.3 is 12.1 Å². The van der Waals surface area contributed by atoms with E-state index in [-0.39, 0.29) is 18.4 Å². The summed E-state index contributed by atoms with van der Waals surface area (Å²) in [6.45, 7) is 2.06. The van der Waals surface area contributed by atoms with Gasteiger partial charge in [0.05, 0.1) is 0 Å². The van der Waals surface area contributed by atoms with Crippen molar-refractivity contribution in [1.82, 2.24) is 10.6 Å². The fourth-order valence-corrected chi connectivity index (χ4v) is 4.75. The van der Waals surface area contributed by atoms with Crippen molar-refractivity contribution in [2.75, 3.05) is 6.61 Å². The zero-order chi connectivity index (χ0) is 23.4. The molecule has 2 aliphatic carbocycles. The monoisotopic (exact) mass is 450 g/mol. The van der Waals surface area contributed by atoms with Crippen LogP contribution in [0.3, 0.4) is 0 Å². The zero-order valence-corrected chi connectivity index (χ0v) is 18.8. The van der Waals surface area contributed by atoms with Crippen LogP contribution in [0.25, 0.3) is 11.1 Å². The zero-order valence-electron chi connectivity index (χ0n) is 18.8. The molecule has 0 bridgehead atoms. The summed E-state index contributed by atoms with van der Waals surface area (Å²) in [5, 5.41) is 14.8. The Labute approximate surface area is 193 Å². The van der Waals surface area contributed by atoms with E-state index < -0.39 is 30.1 Å². The van der Waals surface area contributed by atoms with Crippen LogP contribution in [0, 0.1) is 5.92 Å². The lowest BCUT2D eigenvalue weighted by atomic mass is 9.79. The fourth-order valence-electron chi connectivity index (χ4n) is 4.75. The molecule has 4 rings (SSSR count). The first-order chi connectivity index (χ1) is 16.0. The molecule has 0 saturated heterocycles. The summed E-state index contributed by atoms with van der Waals surface area (Å²) >= 11 is 0. The van der Waals surface area contributed by atoms with Crippen LogP contribution in [0.2, 0.25) is 0 Å². The molecule has 1 fully saturated rings. The van der Waals surface area contributed by atoms with Crippen molar-refractivity contribution in [2.24, 2.45) is 5.92 Å². The highest BCUT2D eigenvalue weighted by Gasteiger charge is 2.35. The van der Waals surface area contributed by atoms with Gasteiger partial charge in [-0.1, -0.05) is 68.3 Å². The number of nitrogens with one attached hydrogen (secondary N) is 2. The molecule has 0 aliphatic heterocycles. The molecule has 7 nitrogen and oxygen atoms in total. The topological polar surface area (TPSA) is 105 Å². The summed E-state index contributed by atoms with van der Waals surface area (Å²) in [7, 11) is 0. The third kappa shape index (κ3) is 4.87. The molecule has 33 heavy (non-hydrogen) atoms. The second-order valence-electron chi connectivity index (χ2n) is 8.83. The van der Waals surface area contributed by atoms with Gasteiger partial charge < -0.3 is 20.5 Å². The van der Waals surface area contributed by atoms with Gasteiger partial charge in [-0.05, 0) is 47.4 Å². The van der Waals surface area contributed by atoms with Gasteiger partial charge in [0, 0.05) is 5.92 Å². The molecule has 2 atom stereocenters. The fraction of sp³-hybridized carbons (Fsp3) is 0.423. The first kappa shape index (κ1) is 22.8. The van der Waals surface area contributed by atoms with Crippen LogP contribution in [0.1, 0.15) is 56.1 Å². The normalized spacial score (nSPS) is 16.6. The molecule has 0 radical (unpaired) electrons. The van der Waals surface area contributed by atoms with Gasteiger partial charge in [0.25, 0.3) is 0 Å². The number of hydrogen-bond acceptors (Lipinski definition) is 4. The van der Waals surface area contributed by atoms with E-state index >= 15 is 0 Å². The number of carbonyl (C=O) groups excluding carboxylic acids is 2.